The normalized spacial score (nSPS) is 31.3. The van der Waals surface area contributed by atoms with Crippen LogP contribution in [0.1, 0.15) is 12.0 Å². The molecule has 2 heterocycles. The van der Waals surface area contributed by atoms with Gasteiger partial charge in [-0.3, -0.25) is 19.2 Å². The largest absolute Gasteiger partial charge is 0.495 e. The third kappa shape index (κ3) is 3.69. The summed E-state index contributed by atoms with van der Waals surface area (Å²) < 4.78 is 8.91. The van der Waals surface area contributed by atoms with Gasteiger partial charge in [-0.05, 0) is 42.8 Å². The van der Waals surface area contributed by atoms with E-state index < -0.39 is 49.6 Å². The lowest BCUT2D eigenvalue weighted by molar-refractivity contribution is -0.139. The van der Waals surface area contributed by atoms with Gasteiger partial charge in [-0.2, -0.15) is 0 Å². The van der Waals surface area contributed by atoms with E-state index in [9.17, 15) is 19.2 Å². The lowest BCUT2D eigenvalue weighted by atomic mass is 9.84. The lowest BCUT2D eigenvalue weighted by Crippen LogP contribution is -2.50. The number of alkyl halides is 4. The van der Waals surface area contributed by atoms with Crippen molar-refractivity contribution in [2.45, 2.75) is 27.4 Å². The van der Waals surface area contributed by atoms with E-state index in [1.807, 2.05) is 0 Å². The molecule has 0 spiro atoms. The predicted molar refractivity (Wildman–Crippen MR) is 160 cm³/mol. The van der Waals surface area contributed by atoms with Gasteiger partial charge in [-0.1, -0.05) is 58.5 Å². The summed E-state index contributed by atoms with van der Waals surface area (Å²) in [5.74, 6) is -4.79. The maximum atomic E-state index is 13.7. The molecular weight excluding hydrogens is 673 g/mol. The molecule has 2 saturated heterocycles. The molecule has 0 aromatic heterocycles. The maximum Gasteiger partial charge on any atom is 0.316 e. The van der Waals surface area contributed by atoms with Crippen molar-refractivity contribution in [3.05, 3.63) is 58.1 Å². The number of amides is 3. The first-order valence-electron chi connectivity index (χ1n) is 12.7. The van der Waals surface area contributed by atoms with Crippen LogP contribution in [0.15, 0.2) is 52.5 Å². The van der Waals surface area contributed by atoms with Crippen LogP contribution in [-0.4, -0.2) is 51.4 Å². The predicted octanol–water partition coefficient (Wildman–Crippen LogP) is 5.91. The number of imide groups is 1. The molecule has 2 aromatic rings. The molecule has 2 bridgehead atoms. The Bertz CT molecular complexity index is 1580. The van der Waals surface area contributed by atoms with E-state index in [4.69, 9.17) is 79.1 Å². The molecule has 0 radical (unpaired) electrons. The van der Waals surface area contributed by atoms with Gasteiger partial charge in [-0.15, -0.1) is 23.2 Å². The molecular formula is C28H20Cl6N2O6. The minimum absolute atomic E-state index is 0.0321. The zero-order valence-corrected chi connectivity index (χ0v) is 26.3. The fourth-order valence-electron chi connectivity index (χ4n) is 6.33. The molecule has 5 atom stereocenters. The van der Waals surface area contributed by atoms with Crippen LogP contribution in [0.3, 0.4) is 0 Å². The molecule has 6 rings (SSSR count). The Labute approximate surface area is 270 Å². The van der Waals surface area contributed by atoms with Gasteiger partial charge in [0.2, 0.25) is 17.7 Å². The van der Waals surface area contributed by atoms with E-state index in [1.54, 1.807) is 31.2 Å². The van der Waals surface area contributed by atoms with Crippen LogP contribution >= 0.6 is 69.6 Å². The highest BCUT2D eigenvalue weighted by atomic mass is 35.5. The molecule has 0 N–H and O–H groups in total. The standard InChI is InChI=1S/C28H20Cl6N2O6/c1-12-9-14(42-25(40)13-10-18(37)35(11-13)16-5-3-4-6-17(16)41-2)7-8-15(12)36-23(38)19-20(24(36)39)27(32)22(30)21(29)26(19,31)28(27,33)34/h3-9,13,19-20H,10-11H2,1-2H3/t13-,19-,20-,26-,27-/m1/s1. The van der Waals surface area contributed by atoms with Crippen LogP contribution in [0.5, 0.6) is 11.5 Å². The maximum absolute atomic E-state index is 13.7. The number of carbonyl (C=O) groups is 4. The summed E-state index contributed by atoms with van der Waals surface area (Å²) in [6.07, 6.45) is -0.0321. The second kappa shape index (κ2) is 9.91. The van der Waals surface area contributed by atoms with Crippen LogP contribution in [0.25, 0.3) is 0 Å². The molecule has 0 unspecified atom stereocenters. The fraction of sp³-hybridized carbons (Fsp3) is 0.357. The number of methoxy groups -OCH3 is 1. The first kappa shape index (κ1) is 29.9. The summed E-state index contributed by atoms with van der Waals surface area (Å²) >= 11 is 39.4. The Kier molecular flexibility index (Phi) is 7.04. The second-order valence-electron chi connectivity index (χ2n) is 10.5. The first-order valence-corrected chi connectivity index (χ1v) is 14.9. The third-order valence-corrected chi connectivity index (χ3v) is 12.6. The molecule has 2 aliphatic heterocycles. The van der Waals surface area contributed by atoms with Crippen LogP contribution in [-0.2, 0) is 19.2 Å². The number of hydrogen-bond acceptors (Lipinski definition) is 6. The summed E-state index contributed by atoms with van der Waals surface area (Å²) in [5, 5.41) is -0.354. The molecule has 42 heavy (non-hydrogen) atoms. The van der Waals surface area contributed by atoms with Gasteiger partial charge in [0.15, 0.2) is 4.33 Å². The van der Waals surface area contributed by atoms with Crippen molar-refractivity contribution in [1.29, 1.82) is 0 Å². The Hall–Kier alpha value is -2.20. The van der Waals surface area contributed by atoms with Gasteiger partial charge in [-0.25, -0.2) is 4.90 Å². The molecule has 14 heteroatoms. The van der Waals surface area contributed by atoms with Gasteiger partial charge in [0.05, 0.1) is 46.3 Å². The number of allylic oxidation sites excluding steroid dienone is 2. The molecule has 8 nitrogen and oxygen atoms in total. The van der Waals surface area contributed by atoms with Crippen LogP contribution in [0, 0.1) is 24.7 Å². The average Bonchev–Trinajstić information content (AvgIpc) is 3.54. The quantitative estimate of drug-likeness (QED) is 0.167. The summed E-state index contributed by atoms with van der Waals surface area (Å²) in [7, 11) is 1.50. The summed E-state index contributed by atoms with van der Waals surface area (Å²) in [6.45, 7) is 1.76. The molecule has 3 fully saturated rings. The highest BCUT2D eigenvalue weighted by Gasteiger charge is 2.87. The fourth-order valence-corrected chi connectivity index (χ4v) is 9.25. The minimum Gasteiger partial charge on any atom is -0.495 e. The Morgan fingerprint density at radius 1 is 0.905 bits per heavy atom. The number of fused-ring (bicyclic) bond motifs is 5. The van der Waals surface area contributed by atoms with Crippen molar-refractivity contribution in [3.8, 4) is 11.5 Å². The number of hydrogen-bond donors (Lipinski definition) is 0. The Morgan fingerprint density at radius 3 is 2.07 bits per heavy atom. The van der Waals surface area contributed by atoms with E-state index in [1.165, 1.54) is 30.2 Å². The van der Waals surface area contributed by atoms with E-state index >= 15 is 0 Å². The minimum atomic E-state index is -2.03. The molecule has 2 aliphatic carbocycles. The van der Waals surface area contributed by atoms with Crippen molar-refractivity contribution in [2.75, 3.05) is 23.5 Å². The molecule has 3 amide bonds. The first-order chi connectivity index (χ1) is 19.7. The number of ether oxygens (including phenoxy) is 2. The van der Waals surface area contributed by atoms with E-state index in [-0.39, 0.29) is 40.4 Å². The van der Waals surface area contributed by atoms with Crippen molar-refractivity contribution >= 4 is 105 Å². The van der Waals surface area contributed by atoms with Gasteiger partial charge in [0.25, 0.3) is 0 Å². The van der Waals surface area contributed by atoms with Crippen molar-refractivity contribution in [2.24, 2.45) is 17.8 Å². The Morgan fingerprint density at radius 2 is 1.50 bits per heavy atom. The van der Waals surface area contributed by atoms with E-state index in [2.05, 4.69) is 0 Å². The second-order valence-corrected chi connectivity index (χ2v) is 13.8. The highest BCUT2D eigenvalue weighted by Crippen LogP contribution is 2.77. The number of nitrogens with zero attached hydrogens (tertiary/aromatic N) is 2. The average molecular weight is 693 g/mol. The monoisotopic (exact) mass is 690 g/mol. The number of halogens is 6. The van der Waals surface area contributed by atoms with Gasteiger partial charge < -0.3 is 14.4 Å². The van der Waals surface area contributed by atoms with E-state index in [0.717, 1.165) is 4.90 Å². The van der Waals surface area contributed by atoms with Crippen molar-refractivity contribution in [3.63, 3.8) is 0 Å². The molecule has 4 aliphatic rings. The van der Waals surface area contributed by atoms with Gasteiger partial charge in [0, 0.05) is 13.0 Å². The van der Waals surface area contributed by atoms with Crippen molar-refractivity contribution in [1.82, 2.24) is 0 Å². The van der Waals surface area contributed by atoms with Crippen molar-refractivity contribution < 1.29 is 28.7 Å². The topological polar surface area (TPSA) is 93.2 Å². The zero-order valence-electron chi connectivity index (χ0n) is 21.8. The summed E-state index contributed by atoms with van der Waals surface area (Å²) in [5.41, 5.74) is 1.22. The number of anilines is 2. The molecule has 1 saturated carbocycles. The summed E-state index contributed by atoms with van der Waals surface area (Å²) in [6, 6.07) is 11.4. The molecule has 2 aromatic carbocycles. The number of rotatable bonds is 5. The molecule has 220 valence electrons. The smallest absolute Gasteiger partial charge is 0.316 e. The Balaban J connectivity index is 1.22. The summed E-state index contributed by atoms with van der Waals surface area (Å²) in [4.78, 5) is 51.7. The number of benzene rings is 2. The number of carbonyl (C=O) groups excluding carboxylic acids is 4. The van der Waals surface area contributed by atoms with Gasteiger partial charge >= 0.3 is 5.97 Å². The number of aryl methyl sites for hydroxylation is 1. The number of esters is 1. The zero-order chi connectivity index (χ0) is 30.5. The lowest BCUT2D eigenvalue weighted by Gasteiger charge is -2.34. The van der Waals surface area contributed by atoms with Gasteiger partial charge in [0.1, 0.15) is 21.2 Å². The van der Waals surface area contributed by atoms with Crippen LogP contribution < -0.4 is 19.3 Å². The highest BCUT2D eigenvalue weighted by molar-refractivity contribution is 6.67. The van der Waals surface area contributed by atoms with E-state index in [0.29, 0.717) is 17.0 Å². The SMILES string of the molecule is COc1ccccc1N1C[C@H](C(=O)Oc2ccc(N3C(=O)[C@H]4[C@H](C3=O)[C@@]3(Cl)C(Cl)=C(Cl)[C@@]4(Cl)C3(Cl)Cl)c(C)c2)CC1=O. The van der Waals surface area contributed by atoms with Crippen LogP contribution in [0.2, 0.25) is 0 Å². The number of para-hydroxylation sites is 2. The third-order valence-electron chi connectivity index (χ3n) is 8.37. The van der Waals surface area contributed by atoms with Crippen LogP contribution in [0.4, 0.5) is 11.4 Å².